The largest absolute Gasteiger partial charge is 0.378 e. The van der Waals surface area contributed by atoms with E-state index in [4.69, 9.17) is 0 Å². The van der Waals surface area contributed by atoms with Crippen LogP contribution in [0, 0.1) is 0 Å². The van der Waals surface area contributed by atoms with Crippen molar-refractivity contribution in [3.63, 3.8) is 0 Å². The van der Waals surface area contributed by atoms with E-state index in [2.05, 4.69) is 22.2 Å². The molecule has 2 rings (SSSR count). The molecule has 0 aliphatic carbocycles. The minimum atomic E-state index is 0.0407. The Morgan fingerprint density at radius 2 is 2.35 bits per heavy atom. The molecule has 0 unspecified atom stereocenters. The summed E-state index contributed by atoms with van der Waals surface area (Å²) in [5.74, 6) is 0. The number of nitrogens with one attached hydrogen (secondary N) is 2. The van der Waals surface area contributed by atoms with Gasteiger partial charge in [0.05, 0.1) is 24.3 Å². The Morgan fingerprint density at radius 1 is 1.47 bits per heavy atom. The third-order valence-corrected chi connectivity index (χ3v) is 2.49. The summed E-state index contributed by atoms with van der Waals surface area (Å²) in [6.45, 7) is 3.47. The SMILES string of the molecule is CCCn1cc(NCc2cnc[nH]2)ccc1=O. The van der Waals surface area contributed by atoms with Crippen LogP contribution >= 0.6 is 0 Å². The van der Waals surface area contributed by atoms with Crippen molar-refractivity contribution in [3.8, 4) is 0 Å². The number of nitrogens with zero attached hydrogens (tertiary/aromatic N) is 2. The first-order chi connectivity index (χ1) is 8.29. The number of pyridine rings is 1. The summed E-state index contributed by atoms with van der Waals surface area (Å²) < 4.78 is 1.72. The van der Waals surface area contributed by atoms with Gasteiger partial charge in [-0.3, -0.25) is 4.79 Å². The lowest BCUT2D eigenvalue weighted by atomic mass is 10.3. The molecule has 2 heterocycles. The Balaban J connectivity index is 2.06. The first kappa shape index (κ1) is 11.4. The van der Waals surface area contributed by atoms with Gasteiger partial charge in [0.25, 0.3) is 5.56 Å². The van der Waals surface area contributed by atoms with Gasteiger partial charge in [-0.1, -0.05) is 6.92 Å². The van der Waals surface area contributed by atoms with Crippen LogP contribution in [0.2, 0.25) is 0 Å². The van der Waals surface area contributed by atoms with E-state index in [-0.39, 0.29) is 5.56 Å². The van der Waals surface area contributed by atoms with Crippen molar-refractivity contribution in [2.24, 2.45) is 0 Å². The minimum absolute atomic E-state index is 0.0407. The van der Waals surface area contributed by atoms with E-state index in [1.807, 2.05) is 6.20 Å². The quantitative estimate of drug-likeness (QED) is 0.823. The van der Waals surface area contributed by atoms with Crippen molar-refractivity contribution in [1.29, 1.82) is 0 Å². The molecular weight excluding hydrogens is 216 g/mol. The highest BCUT2D eigenvalue weighted by Gasteiger charge is 1.98. The number of H-pyrrole nitrogens is 1. The zero-order chi connectivity index (χ0) is 12.1. The number of anilines is 1. The van der Waals surface area contributed by atoms with E-state index in [0.29, 0.717) is 6.54 Å². The molecule has 2 aromatic rings. The van der Waals surface area contributed by atoms with E-state index in [0.717, 1.165) is 24.3 Å². The molecule has 0 amide bonds. The Bertz CT molecular complexity index is 516. The smallest absolute Gasteiger partial charge is 0.250 e. The van der Waals surface area contributed by atoms with Gasteiger partial charge in [0.2, 0.25) is 0 Å². The fourth-order valence-corrected chi connectivity index (χ4v) is 1.63. The van der Waals surface area contributed by atoms with Crippen LogP contribution in [0.1, 0.15) is 19.0 Å². The molecule has 90 valence electrons. The first-order valence-electron chi connectivity index (χ1n) is 5.71. The molecule has 0 atom stereocenters. The van der Waals surface area contributed by atoms with Crippen molar-refractivity contribution in [2.75, 3.05) is 5.32 Å². The highest BCUT2D eigenvalue weighted by Crippen LogP contribution is 2.05. The van der Waals surface area contributed by atoms with Gasteiger partial charge in [0.1, 0.15) is 0 Å². The lowest BCUT2D eigenvalue weighted by Crippen LogP contribution is -2.18. The van der Waals surface area contributed by atoms with Crippen LogP contribution in [0.3, 0.4) is 0 Å². The van der Waals surface area contributed by atoms with Gasteiger partial charge in [0, 0.05) is 25.0 Å². The van der Waals surface area contributed by atoms with Crippen LogP contribution in [0.4, 0.5) is 5.69 Å². The van der Waals surface area contributed by atoms with Crippen molar-refractivity contribution in [3.05, 3.63) is 46.9 Å². The molecule has 2 N–H and O–H groups in total. The predicted molar refractivity (Wildman–Crippen MR) is 66.9 cm³/mol. The second kappa shape index (κ2) is 5.34. The van der Waals surface area contributed by atoms with Gasteiger partial charge in [-0.2, -0.15) is 0 Å². The zero-order valence-corrected chi connectivity index (χ0v) is 9.81. The van der Waals surface area contributed by atoms with Crippen molar-refractivity contribution < 1.29 is 0 Å². The van der Waals surface area contributed by atoms with E-state index in [1.54, 1.807) is 29.2 Å². The monoisotopic (exact) mass is 232 g/mol. The number of hydrogen-bond donors (Lipinski definition) is 2. The average Bonchev–Trinajstić information content (AvgIpc) is 2.83. The Morgan fingerprint density at radius 3 is 3.06 bits per heavy atom. The minimum Gasteiger partial charge on any atom is -0.378 e. The topological polar surface area (TPSA) is 62.7 Å². The molecule has 2 aromatic heterocycles. The molecule has 5 nitrogen and oxygen atoms in total. The van der Waals surface area contributed by atoms with Gasteiger partial charge >= 0.3 is 0 Å². The Kier molecular flexibility index (Phi) is 3.59. The van der Waals surface area contributed by atoms with E-state index < -0.39 is 0 Å². The summed E-state index contributed by atoms with van der Waals surface area (Å²) >= 11 is 0. The molecule has 0 radical (unpaired) electrons. The van der Waals surface area contributed by atoms with Gasteiger partial charge in [0.15, 0.2) is 0 Å². The van der Waals surface area contributed by atoms with Gasteiger partial charge in [-0.05, 0) is 12.5 Å². The summed E-state index contributed by atoms with van der Waals surface area (Å²) in [7, 11) is 0. The van der Waals surface area contributed by atoms with Crippen LogP contribution in [0.15, 0.2) is 35.6 Å². The zero-order valence-electron chi connectivity index (χ0n) is 9.81. The molecule has 17 heavy (non-hydrogen) atoms. The maximum absolute atomic E-state index is 11.5. The summed E-state index contributed by atoms with van der Waals surface area (Å²) in [6, 6.07) is 3.38. The highest BCUT2D eigenvalue weighted by molar-refractivity contribution is 5.40. The van der Waals surface area contributed by atoms with Gasteiger partial charge in [-0.15, -0.1) is 0 Å². The molecule has 0 spiro atoms. The van der Waals surface area contributed by atoms with Gasteiger partial charge in [-0.25, -0.2) is 4.98 Å². The number of aromatic nitrogens is 3. The summed E-state index contributed by atoms with van der Waals surface area (Å²) in [5, 5.41) is 3.24. The predicted octanol–water partition coefficient (Wildman–Crippen LogP) is 1.59. The fraction of sp³-hybridized carbons (Fsp3) is 0.333. The van der Waals surface area contributed by atoms with Crippen LogP contribution < -0.4 is 10.9 Å². The second-order valence-corrected chi connectivity index (χ2v) is 3.88. The number of rotatable bonds is 5. The standard InChI is InChI=1S/C12H16N4O/c1-2-5-16-8-10(3-4-12(16)17)14-7-11-6-13-9-15-11/h3-4,6,8-9,14H,2,5,7H2,1H3,(H,13,15). The lowest BCUT2D eigenvalue weighted by Gasteiger charge is -2.08. The number of aryl methyl sites for hydroxylation is 1. The van der Waals surface area contributed by atoms with Crippen LogP contribution in [0.5, 0.6) is 0 Å². The van der Waals surface area contributed by atoms with Crippen LogP contribution in [-0.4, -0.2) is 14.5 Å². The summed E-state index contributed by atoms with van der Waals surface area (Å²) in [5.41, 5.74) is 1.99. The van der Waals surface area contributed by atoms with Crippen LogP contribution in [-0.2, 0) is 13.1 Å². The van der Waals surface area contributed by atoms with Crippen molar-refractivity contribution in [2.45, 2.75) is 26.4 Å². The molecule has 5 heteroatoms. The van der Waals surface area contributed by atoms with E-state index >= 15 is 0 Å². The van der Waals surface area contributed by atoms with Gasteiger partial charge < -0.3 is 14.9 Å². The first-order valence-corrected chi connectivity index (χ1v) is 5.71. The molecule has 0 aromatic carbocycles. The normalized spacial score (nSPS) is 10.4. The number of aromatic amines is 1. The second-order valence-electron chi connectivity index (χ2n) is 3.88. The third-order valence-electron chi connectivity index (χ3n) is 2.49. The summed E-state index contributed by atoms with van der Waals surface area (Å²) in [4.78, 5) is 18.5. The Labute approximate surface area is 99.5 Å². The summed E-state index contributed by atoms with van der Waals surface area (Å²) in [6.07, 6.45) is 6.22. The molecule has 0 aliphatic rings. The number of hydrogen-bond acceptors (Lipinski definition) is 3. The average molecular weight is 232 g/mol. The third kappa shape index (κ3) is 2.96. The highest BCUT2D eigenvalue weighted by atomic mass is 16.1. The molecule has 0 saturated carbocycles. The Hall–Kier alpha value is -2.04. The lowest BCUT2D eigenvalue weighted by molar-refractivity contribution is 0.655. The molecule has 0 fully saturated rings. The van der Waals surface area contributed by atoms with Crippen LogP contribution in [0.25, 0.3) is 0 Å². The van der Waals surface area contributed by atoms with E-state index in [1.165, 1.54) is 0 Å². The maximum Gasteiger partial charge on any atom is 0.250 e. The molecule has 0 bridgehead atoms. The maximum atomic E-state index is 11.5. The van der Waals surface area contributed by atoms with Crippen molar-refractivity contribution in [1.82, 2.24) is 14.5 Å². The molecular formula is C12H16N4O. The number of imidazole rings is 1. The van der Waals surface area contributed by atoms with E-state index in [9.17, 15) is 4.79 Å². The molecule has 0 aliphatic heterocycles. The fourth-order valence-electron chi connectivity index (χ4n) is 1.63. The van der Waals surface area contributed by atoms with Crippen molar-refractivity contribution >= 4 is 5.69 Å². The molecule has 0 saturated heterocycles.